The molecule has 2 nitrogen and oxygen atoms in total. The summed E-state index contributed by atoms with van der Waals surface area (Å²) in [6.45, 7) is 6.57. The third-order valence-corrected chi connectivity index (χ3v) is 4.13. The number of rotatable bonds is 3. The summed E-state index contributed by atoms with van der Waals surface area (Å²) < 4.78 is 1.10. The van der Waals surface area contributed by atoms with Crippen LogP contribution >= 0.6 is 27.5 Å². The second-order valence-electron chi connectivity index (χ2n) is 4.38. The van der Waals surface area contributed by atoms with Crippen LogP contribution in [0, 0.1) is 0 Å². The molecule has 0 saturated carbocycles. The largest absolute Gasteiger partial charge is 0.314 e. The number of hydrogen-bond donors (Lipinski definition) is 1. The summed E-state index contributed by atoms with van der Waals surface area (Å²) in [5.41, 5.74) is 1.24. The summed E-state index contributed by atoms with van der Waals surface area (Å²) in [7, 11) is 0. The zero-order chi connectivity index (χ0) is 12.3. The Morgan fingerprint density at radius 1 is 1.41 bits per heavy atom. The van der Waals surface area contributed by atoms with Crippen molar-refractivity contribution in [2.24, 2.45) is 0 Å². The van der Waals surface area contributed by atoms with Gasteiger partial charge in [-0.1, -0.05) is 34.5 Å². The molecule has 1 atom stereocenters. The molecule has 1 aliphatic heterocycles. The van der Waals surface area contributed by atoms with Crippen molar-refractivity contribution in [1.82, 2.24) is 10.2 Å². The molecule has 2 rings (SSSR count). The topological polar surface area (TPSA) is 15.3 Å². The van der Waals surface area contributed by atoms with E-state index >= 15 is 0 Å². The Morgan fingerprint density at radius 2 is 2.12 bits per heavy atom. The third kappa shape index (κ3) is 3.22. The van der Waals surface area contributed by atoms with Gasteiger partial charge in [0, 0.05) is 41.7 Å². The second kappa shape index (κ2) is 6.19. The summed E-state index contributed by atoms with van der Waals surface area (Å²) in [5.74, 6) is 0. The van der Waals surface area contributed by atoms with Crippen molar-refractivity contribution in [3.05, 3.63) is 33.3 Å². The first-order valence-electron chi connectivity index (χ1n) is 6.12. The molecule has 1 aliphatic rings. The molecule has 0 aliphatic carbocycles. The van der Waals surface area contributed by atoms with Gasteiger partial charge in [0.25, 0.3) is 0 Å². The Balaban J connectivity index is 2.24. The van der Waals surface area contributed by atoms with Crippen LogP contribution in [-0.2, 0) is 0 Å². The minimum Gasteiger partial charge on any atom is -0.314 e. The molecule has 1 aromatic carbocycles. The van der Waals surface area contributed by atoms with Gasteiger partial charge in [0.1, 0.15) is 0 Å². The van der Waals surface area contributed by atoms with E-state index in [1.807, 2.05) is 12.1 Å². The molecule has 0 unspecified atom stereocenters. The first-order valence-corrected chi connectivity index (χ1v) is 7.29. The fraction of sp³-hybridized carbons (Fsp3) is 0.538. The van der Waals surface area contributed by atoms with Crippen molar-refractivity contribution in [3.63, 3.8) is 0 Å². The lowest BCUT2D eigenvalue weighted by atomic mass is 10.0. The number of hydrogen-bond acceptors (Lipinski definition) is 2. The standard InChI is InChI=1S/C13H18BrClN2/c1-2-13(17-7-5-16-6-8-17)11-9-10(14)3-4-12(11)15/h3-4,9,13,16H,2,5-8H2,1H3/t13-/m0/s1. The van der Waals surface area contributed by atoms with Gasteiger partial charge in [-0.05, 0) is 30.2 Å². The summed E-state index contributed by atoms with van der Waals surface area (Å²) in [5, 5.41) is 4.26. The van der Waals surface area contributed by atoms with E-state index in [4.69, 9.17) is 11.6 Å². The summed E-state index contributed by atoms with van der Waals surface area (Å²) in [6.07, 6.45) is 1.09. The Bertz CT molecular complexity index is 378. The monoisotopic (exact) mass is 316 g/mol. The predicted molar refractivity (Wildman–Crippen MR) is 76.6 cm³/mol. The van der Waals surface area contributed by atoms with Gasteiger partial charge in [-0.15, -0.1) is 0 Å². The lowest BCUT2D eigenvalue weighted by Crippen LogP contribution is -2.45. The van der Waals surface area contributed by atoms with E-state index in [9.17, 15) is 0 Å². The molecule has 0 spiro atoms. The van der Waals surface area contributed by atoms with Crippen molar-refractivity contribution in [2.75, 3.05) is 26.2 Å². The first kappa shape index (κ1) is 13.3. The highest BCUT2D eigenvalue weighted by atomic mass is 79.9. The first-order chi connectivity index (χ1) is 8.22. The number of nitrogens with one attached hydrogen (secondary N) is 1. The van der Waals surface area contributed by atoms with Crippen LogP contribution in [0.25, 0.3) is 0 Å². The minimum absolute atomic E-state index is 0.433. The molecule has 1 N–H and O–H groups in total. The second-order valence-corrected chi connectivity index (χ2v) is 5.70. The molecule has 1 heterocycles. The number of halogens is 2. The summed E-state index contributed by atoms with van der Waals surface area (Å²) in [4.78, 5) is 2.52. The van der Waals surface area contributed by atoms with Gasteiger partial charge in [-0.2, -0.15) is 0 Å². The SMILES string of the molecule is CC[C@@H](c1cc(Br)ccc1Cl)N1CCNCC1. The van der Waals surface area contributed by atoms with Crippen molar-refractivity contribution >= 4 is 27.5 Å². The molecule has 94 valence electrons. The highest BCUT2D eigenvalue weighted by molar-refractivity contribution is 9.10. The van der Waals surface area contributed by atoms with Gasteiger partial charge < -0.3 is 5.32 Å². The maximum atomic E-state index is 6.33. The maximum absolute atomic E-state index is 6.33. The summed E-state index contributed by atoms with van der Waals surface area (Å²) >= 11 is 9.85. The van der Waals surface area contributed by atoms with Crippen LogP contribution in [0.2, 0.25) is 5.02 Å². The number of benzene rings is 1. The normalized spacial score (nSPS) is 19.2. The van der Waals surface area contributed by atoms with Crippen molar-refractivity contribution < 1.29 is 0 Å². The lowest BCUT2D eigenvalue weighted by molar-refractivity contribution is 0.169. The van der Waals surface area contributed by atoms with Crippen molar-refractivity contribution in [2.45, 2.75) is 19.4 Å². The molecule has 4 heteroatoms. The Kier molecular flexibility index (Phi) is 4.86. The predicted octanol–water partition coefficient (Wildman–Crippen LogP) is 3.46. The Labute approximate surface area is 116 Å². The average Bonchev–Trinajstić information content (AvgIpc) is 2.36. The molecule has 1 aromatic rings. The number of piperazine rings is 1. The Morgan fingerprint density at radius 3 is 2.76 bits per heavy atom. The zero-order valence-corrected chi connectivity index (χ0v) is 12.4. The highest BCUT2D eigenvalue weighted by Gasteiger charge is 2.22. The molecular weight excluding hydrogens is 300 g/mol. The van der Waals surface area contributed by atoms with E-state index in [2.05, 4.69) is 39.1 Å². The van der Waals surface area contributed by atoms with Gasteiger partial charge >= 0.3 is 0 Å². The van der Waals surface area contributed by atoms with Crippen LogP contribution in [0.3, 0.4) is 0 Å². The number of nitrogens with zero attached hydrogens (tertiary/aromatic N) is 1. The van der Waals surface area contributed by atoms with Gasteiger partial charge in [-0.25, -0.2) is 0 Å². The molecule has 0 bridgehead atoms. The van der Waals surface area contributed by atoms with Gasteiger partial charge in [0.2, 0.25) is 0 Å². The smallest absolute Gasteiger partial charge is 0.0454 e. The molecule has 0 aromatic heterocycles. The van der Waals surface area contributed by atoms with Crippen LogP contribution < -0.4 is 5.32 Å². The van der Waals surface area contributed by atoms with E-state index in [1.165, 1.54) is 5.56 Å². The molecule has 1 fully saturated rings. The third-order valence-electron chi connectivity index (χ3n) is 3.30. The van der Waals surface area contributed by atoms with E-state index in [0.29, 0.717) is 6.04 Å². The van der Waals surface area contributed by atoms with Gasteiger partial charge in [-0.3, -0.25) is 4.90 Å². The van der Waals surface area contributed by atoms with Crippen LogP contribution in [0.1, 0.15) is 24.9 Å². The fourth-order valence-corrected chi connectivity index (χ4v) is 3.06. The van der Waals surface area contributed by atoms with E-state index in [-0.39, 0.29) is 0 Å². The average molecular weight is 318 g/mol. The zero-order valence-electron chi connectivity index (χ0n) is 10.0. The van der Waals surface area contributed by atoms with Gasteiger partial charge in [0.15, 0.2) is 0 Å². The van der Waals surface area contributed by atoms with Crippen LogP contribution in [0.4, 0.5) is 0 Å². The van der Waals surface area contributed by atoms with Crippen molar-refractivity contribution in [1.29, 1.82) is 0 Å². The summed E-state index contributed by atoms with van der Waals surface area (Å²) in [6, 6.07) is 6.56. The van der Waals surface area contributed by atoms with Crippen LogP contribution in [0.5, 0.6) is 0 Å². The molecule has 1 saturated heterocycles. The molecular formula is C13H18BrClN2. The Hall–Kier alpha value is -0.0900. The molecule has 17 heavy (non-hydrogen) atoms. The lowest BCUT2D eigenvalue weighted by Gasteiger charge is -2.35. The maximum Gasteiger partial charge on any atom is 0.0454 e. The minimum atomic E-state index is 0.433. The molecule has 0 radical (unpaired) electrons. The van der Waals surface area contributed by atoms with E-state index < -0.39 is 0 Å². The van der Waals surface area contributed by atoms with Crippen LogP contribution in [-0.4, -0.2) is 31.1 Å². The van der Waals surface area contributed by atoms with E-state index in [0.717, 1.165) is 42.1 Å². The molecule has 0 amide bonds. The highest BCUT2D eigenvalue weighted by Crippen LogP contribution is 2.32. The fourth-order valence-electron chi connectivity index (χ4n) is 2.44. The van der Waals surface area contributed by atoms with Crippen molar-refractivity contribution in [3.8, 4) is 0 Å². The van der Waals surface area contributed by atoms with Crippen LogP contribution in [0.15, 0.2) is 22.7 Å². The van der Waals surface area contributed by atoms with E-state index in [1.54, 1.807) is 0 Å². The van der Waals surface area contributed by atoms with Gasteiger partial charge in [0.05, 0.1) is 0 Å². The quantitative estimate of drug-likeness (QED) is 0.918.